The SMILES string of the molecule is CCCOc1cc2cccc(OCCC)c2c2c1CN(c1ccc(CC(=O)O)cc1Br)C2=O. The fourth-order valence-electron chi connectivity index (χ4n) is 4.12. The second-order valence-corrected chi connectivity index (χ2v) is 8.88. The van der Waals surface area contributed by atoms with Crippen molar-refractivity contribution >= 4 is 44.3 Å². The summed E-state index contributed by atoms with van der Waals surface area (Å²) in [7, 11) is 0. The van der Waals surface area contributed by atoms with E-state index in [0.29, 0.717) is 52.5 Å². The third-order valence-corrected chi connectivity index (χ3v) is 6.19. The number of benzene rings is 3. The van der Waals surface area contributed by atoms with Crippen LogP contribution in [-0.4, -0.2) is 30.2 Å². The average molecular weight is 512 g/mol. The number of nitrogens with zero attached hydrogens (tertiary/aromatic N) is 1. The second-order valence-electron chi connectivity index (χ2n) is 8.03. The van der Waals surface area contributed by atoms with Gasteiger partial charge >= 0.3 is 5.97 Å². The number of carbonyl (C=O) groups excluding carboxylic acids is 1. The van der Waals surface area contributed by atoms with Crippen LogP contribution in [0.15, 0.2) is 46.9 Å². The minimum Gasteiger partial charge on any atom is -0.493 e. The number of carbonyl (C=O) groups is 2. The van der Waals surface area contributed by atoms with Gasteiger partial charge in [0.15, 0.2) is 0 Å². The highest BCUT2D eigenvalue weighted by Gasteiger charge is 2.35. The molecular formula is C26H26BrNO5. The molecule has 0 saturated carbocycles. The van der Waals surface area contributed by atoms with E-state index in [0.717, 1.165) is 29.2 Å². The summed E-state index contributed by atoms with van der Waals surface area (Å²) in [6.45, 7) is 5.58. The number of carboxylic acids is 1. The molecular weight excluding hydrogens is 486 g/mol. The van der Waals surface area contributed by atoms with Crippen LogP contribution in [0.25, 0.3) is 10.8 Å². The number of hydrogen-bond acceptors (Lipinski definition) is 4. The highest BCUT2D eigenvalue weighted by atomic mass is 79.9. The van der Waals surface area contributed by atoms with Crippen molar-refractivity contribution in [2.24, 2.45) is 0 Å². The molecule has 0 atom stereocenters. The Morgan fingerprint density at radius 1 is 1.06 bits per heavy atom. The zero-order valence-electron chi connectivity index (χ0n) is 18.7. The molecule has 3 aromatic rings. The summed E-state index contributed by atoms with van der Waals surface area (Å²) in [5, 5.41) is 10.8. The van der Waals surface area contributed by atoms with E-state index in [-0.39, 0.29) is 12.3 Å². The molecule has 172 valence electrons. The van der Waals surface area contributed by atoms with Gasteiger partial charge in [0.25, 0.3) is 5.91 Å². The highest BCUT2D eigenvalue weighted by molar-refractivity contribution is 9.10. The van der Waals surface area contributed by atoms with E-state index in [1.165, 1.54) is 0 Å². The van der Waals surface area contributed by atoms with Gasteiger partial charge in [-0.1, -0.05) is 32.0 Å². The molecule has 0 fully saturated rings. The van der Waals surface area contributed by atoms with Crippen LogP contribution in [0, 0.1) is 0 Å². The normalized spacial score (nSPS) is 12.8. The molecule has 0 bridgehead atoms. The first-order valence-corrected chi connectivity index (χ1v) is 11.9. The third kappa shape index (κ3) is 4.55. The van der Waals surface area contributed by atoms with Gasteiger partial charge in [-0.05, 0) is 64.0 Å². The minimum absolute atomic E-state index is 0.0785. The standard InChI is InChI=1S/C26H26BrNO5/c1-3-10-32-21-7-5-6-17-14-22(33-11-4-2)18-15-28(26(31)25(18)24(17)21)20-9-8-16(12-19(20)27)13-23(29)30/h5-9,12,14H,3-4,10-11,13,15H2,1-2H3,(H,29,30). The summed E-state index contributed by atoms with van der Waals surface area (Å²) in [5.41, 5.74) is 2.80. The average Bonchev–Trinajstić information content (AvgIpc) is 3.12. The van der Waals surface area contributed by atoms with E-state index < -0.39 is 5.97 Å². The Bertz CT molecular complexity index is 1220. The van der Waals surface area contributed by atoms with Crippen molar-refractivity contribution in [2.45, 2.75) is 39.7 Å². The number of hydrogen-bond donors (Lipinski definition) is 1. The topological polar surface area (TPSA) is 76.1 Å². The maximum absolute atomic E-state index is 13.8. The van der Waals surface area contributed by atoms with Crippen molar-refractivity contribution in [1.82, 2.24) is 0 Å². The summed E-state index contributed by atoms with van der Waals surface area (Å²) < 4.78 is 12.7. The van der Waals surface area contributed by atoms with E-state index in [1.54, 1.807) is 23.1 Å². The van der Waals surface area contributed by atoms with Crippen LogP contribution in [0.4, 0.5) is 5.69 Å². The number of fused-ring (bicyclic) bond motifs is 3. The van der Waals surface area contributed by atoms with Gasteiger partial charge in [0.1, 0.15) is 11.5 Å². The van der Waals surface area contributed by atoms with E-state index in [2.05, 4.69) is 15.9 Å². The fourth-order valence-corrected chi connectivity index (χ4v) is 4.76. The zero-order valence-corrected chi connectivity index (χ0v) is 20.3. The molecule has 1 aliphatic rings. The van der Waals surface area contributed by atoms with E-state index in [9.17, 15) is 9.59 Å². The Kier molecular flexibility index (Phi) is 6.88. The van der Waals surface area contributed by atoms with Crippen molar-refractivity contribution in [3.8, 4) is 11.5 Å². The zero-order chi connectivity index (χ0) is 23.5. The molecule has 1 amide bonds. The molecule has 0 radical (unpaired) electrons. The van der Waals surface area contributed by atoms with Gasteiger partial charge < -0.3 is 19.5 Å². The molecule has 1 aliphatic heterocycles. The lowest BCUT2D eigenvalue weighted by molar-refractivity contribution is -0.136. The number of aliphatic carboxylic acids is 1. The van der Waals surface area contributed by atoms with Crippen LogP contribution in [0.5, 0.6) is 11.5 Å². The van der Waals surface area contributed by atoms with Crippen LogP contribution < -0.4 is 14.4 Å². The lowest BCUT2D eigenvalue weighted by Gasteiger charge is -2.18. The summed E-state index contributed by atoms with van der Waals surface area (Å²) >= 11 is 3.54. The van der Waals surface area contributed by atoms with Gasteiger partial charge in [-0.3, -0.25) is 9.59 Å². The first-order valence-electron chi connectivity index (χ1n) is 11.1. The second kappa shape index (κ2) is 9.83. The predicted octanol–water partition coefficient (Wildman–Crippen LogP) is 5.97. The van der Waals surface area contributed by atoms with Gasteiger partial charge in [0.05, 0.1) is 37.4 Å². The Hall–Kier alpha value is -3.06. The Morgan fingerprint density at radius 3 is 2.45 bits per heavy atom. The lowest BCUT2D eigenvalue weighted by Crippen LogP contribution is -2.23. The Labute approximate surface area is 201 Å². The highest BCUT2D eigenvalue weighted by Crippen LogP contribution is 2.43. The molecule has 33 heavy (non-hydrogen) atoms. The molecule has 0 saturated heterocycles. The first kappa shape index (κ1) is 23.1. The van der Waals surface area contributed by atoms with Gasteiger partial charge in [-0.15, -0.1) is 0 Å². The first-order chi connectivity index (χ1) is 15.9. The van der Waals surface area contributed by atoms with Crippen LogP contribution in [-0.2, 0) is 17.8 Å². The summed E-state index contributed by atoms with van der Waals surface area (Å²) in [5.74, 6) is 0.374. The van der Waals surface area contributed by atoms with Crippen molar-refractivity contribution in [3.05, 3.63) is 63.6 Å². The molecule has 0 unspecified atom stereocenters. The monoisotopic (exact) mass is 511 g/mol. The van der Waals surface area contributed by atoms with Crippen molar-refractivity contribution in [3.63, 3.8) is 0 Å². The third-order valence-electron chi connectivity index (χ3n) is 5.55. The largest absolute Gasteiger partial charge is 0.493 e. The number of halogens is 1. The molecule has 0 aromatic heterocycles. The van der Waals surface area contributed by atoms with Crippen molar-refractivity contribution < 1.29 is 24.2 Å². The Morgan fingerprint density at radius 2 is 1.79 bits per heavy atom. The summed E-state index contributed by atoms with van der Waals surface area (Å²) in [6, 6.07) is 13.1. The van der Waals surface area contributed by atoms with E-state index in [4.69, 9.17) is 14.6 Å². The maximum atomic E-state index is 13.8. The molecule has 1 N–H and O–H groups in total. The molecule has 4 rings (SSSR count). The number of anilines is 1. The number of ether oxygens (including phenoxy) is 2. The van der Waals surface area contributed by atoms with Gasteiger partial charge in [0.2, 0.25) is 0 Å². The molecule has 3 aromatic carbocycles. The minimum atomic E-state index is -0.900. The van der Waals surface area contributed by atoms with Crippen molar-refractivity contribution in [2.75, 3.05) is 18.1 Å². The summed E-state index contributed by atoms with van der Waals surface area (Å²) in [4.78, 5) is 26.6. The van der Waals surface area contributed by atoms with Crippen LogP contribution in [0.3, 0.4) is 0 Å². The molecule has 0 spiro atoms. The van der Waals surface area contributed by atoms with E-state index in [1.807, 2.05) is 38.1 Å². The number of rotatable bonds is 9. The van der Waals surface area contributed by atoms with Gasteiger partial charge in [-0.2, -0.15) is 0 Å². The van der Waals surface area contributed by atoms with E-state index >= 15 is 0 Å². The van der Waals surface area contributed by atoms with Gasteiger partial charge in [-0.25, -0.2) is 0 Å². The van der Waals surface area contributed by atoms with Crippen LogP contribution in [0.2, 0.25) is 0 Å². The lowest BCUT2D eigenvalue weighted by atomic mass is 9.98. The van der Waals surface area contributed by atoms with Gasteiger partial charge in [0, 0.05) is 15.4 Å². The fraction of sp³-hybridized carbons (Fsp3) is 0.308. The molecule has 7 heteroatoms. The Balaban J connectivity index is 1.83. The van der Waals surface area contributed by atoms with Crippen LogP contribution >= 0.6 is 15.9 Å². The maximum Gasteiger partial charge on any atom is 0.307 e. The molecule has 0 aliphatic carbocycles. The number of carboxylic acid groups (broad SMARTS) is 1. The molecule has 1 heterocycles. The quantitative estimate of drug-likeness (QED) is 0.383. The molecule has 6 nitrogen and oxygen atoms in total. The predicted molar refractivity (Wildman–Crippen MR) is 132 cm³/mol. The van der Waals surface area contributed by atoms with Crippen molar-refractivity contribution in [1.29, 1.82) is 0 Å². The summed E-state index contributed by atoms with van der Waals surface area (Å²) in [6.07, 6.45) is 1.65. The number of amides is 1. The van der Waals surface area contributed by atoms with Crippen LogP contribution in [0.1, 0.15) is 48.2 Å². The smallest absolute Gasteiger partial charge is 0.307 e.